The molecule has 0 saturated heterocycles. The van der Waals surface area contributed by atoms with Crippen molar-refractivity contribution in [2.45, 2.75) is 19.8 Å². The first-order valence-corrected chi connectivity index (χ1v) is 10.4. The second-order valence-corrected chi connectivity index (χ2v) is 7.76. The van der Waals surface area contributed by atoms with Crippen molar-refractivity contribution in [2.24, 2.45) is 0 Å². The zero-order valence-electron chi connectivity index (χ0n) is 15.0. The second-order valence-electron chi connectivity index (χ2n) is 5.99. The average Bonchev–Trinajstić information content (AvgIpc) is 3.18. The number of hydrogen-bond donors (Lipinski definition) is 0. The molecule has 0 saturated carbocycles. The number of thiazole rings is 1. The highest BCUT2D eigenvalue weighted by atomic mass is 79.9. The van der Waals surface area contributed by atoms with E-state index < -0.39 is 0 Å². The molecule has 0 spiro atoms. The zero-order chi connectivity index (χ0) is 19.1. The molecule has 5 heteroatoms. The molecule has 0 bridgehead atoms. The summed E-state index contributed by atoms with van der Waals surface area (Å²) in [6, 6.07) is 18.1. The molecular weight excluding hydrogens is 420 g/mol. The highest BCUT2D eigenvalue weighted by Gasteiger charge is 2.09. The van der Waals surface area contributed by atoms with Crippen LogP contribution in [0.3, 0.4) is 0 Å². The minimum absolute atomic E-state index is 0.558. The fourth-order valence-electron chi connectivity index (χ4n) is 2.45. The maximum Gasteiger partial charge on any atom is 0.134 e. The smallest absolute Gasteiger partial charge is 0.134 e. The van der Waals surface area contributed by atoms with E-state index in [0.29, 0.717) is 5.57 Å². The summed E-state index contributed by atoms with van der Waals surface area (Å²) in [6.45, 7) is 2.87. The molecule has 1 aromatic heterocycles. The van der Waals surface area contributed by atoms with E-state index in [0.717, 1.165) is 51.5 Å². The van der Waals surface area contributed by atoms with Crippen LogP contribution in [0.1, 0.15) is 30.3 Å². The van der Waals surface area contributed by atoms with Crippen LogP contribution in [0, 0.1) is 11.3 Å². The van der Waals surface area contributed by atoms with Crippen LogP contribution in [0.5, 0.6) is 5.75 Å². The number of aromatic nitrogens is 1. The first-order chi connectivity index (χ1) is 13.2. The molecule has 0 aliphatic heterocycles. The number of ether oxygens (including phenoxy) is 1. The third-order valence-electron chi connectivity index (χ3n) is 3.95. The molecule has 3 nitrogen and oxygen atoms in total. The maximum absolute atomic E-state index is 9.57. The van der Waals surface area contributed by atoms with Crippen molar-refractivity contribution in [3.63, 3.8) is 0 Å². The van der Waals surface area contributed by atoms with Gasteiger partial charge in [0.1, 0.15) is 16.8 Å². The molecule has 2 aromatic carbocycles. The molecule has 27 heavy (non-hydrogen) atoms. The van der Waals surface area contributed by atoms with E-state index in [1.54, 1.807) is 0 Å². The van der Waals surface area contributed by atoms with Crippen molar-refractivity contribution in [2.75, 3.05) is 6.61 Å². The third kappa shape index (κ3) is 5.29. The average molecular weight is 439 g/mol. The number of benzene rings is 2. The minimum atomic E-state index is 0.558. The first-order valence-electron chi connectivity index (χ1n) is 8.76. The molecule has 0 N–H and O–H groups in total. The van der Waals surface area contributed by atoms with Gasteiger partial charge in [-0.1, -0.05) is 53.5 Å². The molecule has 0 fully saturated rings. The Labute approximate surface area is 172 Å². The summed E-state index contributed by atoms with van der Waals surface area (Å²) in [5, 5.41) is 12.3. The highest BCUT2D eigenvalue weighted by molar-refractivity contribution is 9.10. The van der Waals surface area contributed by atoms with Crippen molar-refractivity contribution in [1.29, 1.82) is 5.26 Å². The fourth-order valence-corrected chi connectivity index (χ4v) is 3.51. The molecule has 0 atom stereocenters. The SMILES string of the molecule is CCCCOc1ccc(/C=C(\C#N)c2nc(-c3ccc(Br)cc3)cs2)cc1. The lowest BCUT2D eigenvalue weighted by Crippen LogP contribution is -1.95. The largest absolute Gasteiger partial charge is 0.494 e. The van der Waals surface area contributed by atoms with Crippen LogP contribution in [0.2, 0.25) is 0 Å². The zero-order valence-corrected chi connectivity index (χ0v) is 17.4. The Bertz CT molecular complexity index is 953. The van der Waals surface area contributed by atoms with E-state index in [2.05, 4.69) is 33.9 Å². The number of rotatable bonds is 7. The standard InChI is InChI=1S/C22H19BrN2OS/c1-2-3-12-26-20-10-4-16(5-11-20)13-18(14-24)22-25-21(15-27-22)17-6-8-19(23)9-7-17/h4-11,13,15H,2-3,12H2,1H3/b18-13+. The van der Waals surface area contributed by atoms with Crippen molar-refractivity contribution in [3.8, 4) is 23.1 Å². The molecule has 1 heterocycles. The topological polar surface area (TPSA) is 45.9 Å². The molecule has 0 aliphatic rings. The molecule has 3 rings (SSSR count). The highest BCUT2D eigenvalue weighted by Crippen LogP contribution is 2.28. The van der Waals surface area contributed by atoms with Gasteiger partial charge in [-0.15, -0.1) is 11.3 Å². The quantitative estimate of drug-likeness (QED) is 0.300. The normalized spacial score (nSPS) is 11.2. The van der Waals surface area contributed by atoms with E-state index in [1.807, 2.05) is 60.0 Å². The van der Waals surface area contributed by atoms with Gasteiger partial charge in [0.25, 0.3) is 0 Å². The Morgan fingerprint density at radius 3 is 2.59 bits per heavy atom. The minimum Gasteiger partial charge on any atom is -0.494 e. The van der Waals surface area contributed by atoms with Crippen molar-refractivity contribution >= 4 is 38.9 Å². The number of nitrogens with zero attached hydrogens (tertiary/aromatic N) is 2. The Morgan fingerprint density at radius 1 is 1.19 bits per heavy atom. The van der Waals surface area contributed by atoms with Gasteiger partial charge in [-0.2, -0.15) is 5.26 Å². The van der Waals surface area contributed by atoms with Crippen LogP contribution in [0.15, 0.2) is 58.4 Å². The number of allylic oxidation sites excluding steroid dienone is 1. The molecule has 0 unspecified atom stereocenters. The van der Waals surface area contributed by atoms with Crippen molar-refractivity contribution in [3.05, 3.63) is 69.0 Å². The number of unbranched alkanes of at least 4 members (excludes halogenated alkanes) is 1. The molecule has 3 aromatic rings. The van der Waals surface area contributed by atoms with Gasteiger partial charge in [-0.05, 0) is 42.3 Å². The molecule has 0 radical (unpaired) electrons. The van der Waals surface area contributed by atoms with Gasteiger partial charge in [-0.3, -0.25) is 0 Å². The summed E-state index contributed by atoms with van der Waals surface area (Å²) in [7, 11) is 0. The fraction of sp³-hybridized carbons (Fsp3) is 0.182. The van der Waals surface area contributed by atoms with E-state index >= 15 is 0 Å². The Morgan fingerprint density at radius 2 is 1.93 bits per heavy atom. The van der Waals surface area contributed by atoms with Crippen LogP contribution < -0.4 is 4.74 Å². The Kier molecular flexibility index (Phi) is 6.80. The van der Waals surface area contributed by atoms with Gasteiger partial charge < -0.3 is 4.74 Å². The monoisotopic (exact) mass is 438 g/mol. The van der Waals surface area contributed by atoms with Crippen molar-refractivity contribution < 1.29 is 4.74 Å². The predicted octanol–water partition coefficient (Wildman–Crippen LogP) is 6.82. The van der Waals surface area contributed by atoms with Crippen LogP contribution in [-0.4, -0.2) is 11.6 Å². The predicted molar refractivity (Wildman–Crippen MR) is 116 cm³/mol. The molecule has 136 valence electrons. The molecular formula is C22H19BrN2OS. The third-order valence-corrected chi connectivity index (χ3v) is 5.36. The van der Waals surface area contributed by atoms with Gasteiger partial charge in [-0.25, -0.2) is 4.98 Å². The lowest BCUT2D eigenvalue weighted by molar-refractivity contribution is 0.309. The van der Waals surface area contributed by atoms with Crippen LogP contribution in [0.4, 0.5) is 0 Å². The van der Waals surface area contributed by atoms with Gasteiger partial charge in [0.05, 0.1) is 17.9 Å². The summed E-state index contributed by atoms with van der Waals surface area (Å²) < 4.78 is 6.71. The van der Waals surface area contributed by atoms with Crippen molar-refractivity contribution in [1.82, 2.24) is 4.98 Å². The first kappa shape index (κ1) is 19.3. The Balaban J connectivity index is 1.77. The lowest BCUT2D eigenvalue weighted by atomic mass is 10.1. The maximum atomic E-state index is 9.57. The lowest BCUT2D eigenvalue weighted by Gasteiger charge is -2.05. The van der Waals surface area contributed by atoms with E-state index in [4.69, 9.17) is 4.74 Å². The number of halogens is 1. The summed E-state index contributed by atoms with van der Waals surface area (Å²) in [4.78, 5) is 4.63. The van der Waals surface area contributed by atoms with E-state index in [1.165, 1.54) is 11.3 Å². The summed E-state index contributed by atoms with van der Waals surface area (Å²) >= 11 is 4.92. The van der Waals surface area contributed by atoms with Gasteiger partial charge >= 0.3 is 0 Å². The van der Waals surface area contributed by atoms with Crippen LogP contribution in [-0.2, 0) is 0 Å². The van der Waals surface area contributed by atoms with Gasteiger partial charge in [0, 0.05) is 15.4 Å². The number of hydrogen-bond acceptors (Lipinski definition) is 4. The number of nitriles is 1. The van der Waals surface area contributed by atoms with E-state index in [9.17, 15) is 5.26 Å². The summed E-state index contributed by atoms with van der Waals surface area (Å²) in [5.41, 5.74) is 3.42. The van der Waals surface area contributed by atoms with Gasteiger partial charge in [0.2, 0.25) is 0 Å². The Hall–Kier alpha value is -2.42. The van der Waals surface area contributed by atoms with E-state index in [-0.39, 0.29) is 0 Å². The van der Waals surface area contributed by atoms with Crippen LogP contribution >= 0.6 is 27.3 Å². The molecule has 0 aliphatic carbocycles. The van der Waals surface area contributed by atoms with Gasteiger partial charge in [0.15, 0.2) is 0 Å². The van der Waals surface area contributed by atoms with Crippen LogP contribution in [0.25, 0.3) is 22.9 Å². The summed E-state index contributed by atoms with van der Waals surface area (Å²) in [5.74, 6) is 0.853. The summed E-state index contributed by atoms with van der Waals surface area (Å²) in [6.07, 6.45) is 4.02. The molecule has 0 amide bonds. The second kappa shape index (κ2) is 9.50.